The van der Waals surface area contributed by atoms with Gasteiger partial charge in [-0.25, -0.2) is 0 Å². The zero-order valence-electron chi connectivity index (χ0n) is 19.5. The SMILES string of the molecule is CCOc1cc(/C=C2/C(=N)N3OC(C)=CC3=NC2=O)cc(Cl)c1OCCOc1ccccc1OC. The van der Waals surface area contributed by atoms with Crippen LogP contribution in [-0.4, -0.2) is 49.6 Å². The van der Waals surface area contributed by atoms with Gasteiger partial charge in [-0.2, -0.15) is 4.99 Å². The van der Waals surface area contributed by atoms with Crippen LogP contribution < -0.4 is 18.9 Å². The highest BCUT2D eigenvalue weighted by Gasteiger charge is 2.34. The van der Waals surface area contributed by atoms with Gasteiger partial charge in [0.25, 0.3) is 5.91 Å². The molecule has 2 heterocycles. The largest absolute Gasteiger partial charge is 0.493 e. The molecule has 10 heteroatoms. The molecule has 0 saturated carbocycles. The number of nitrogens with zero attached hydrogens (tertiary/aromatic N) is 2. The second-order valence-electron chi connectivity index (χ2n) is 7.43. The average molecular weight is 498 g/mol. The van der Waals surface area contributed by atoms with Crippen LogP contribution in [0.25, 0.3) is 6.08 Å². The Bertz CT molecular complexity index is 1250. The van der Waals surface area contributed by atoms with Crippen molar-refractivity contribution in [3.63, 3.8) is 0 Å². The number of aliphatic imine (C=N–C) groups is 1. The number of amidine groups is 2. The highest BCUT2D eigenvalue weighted by molar-refractivity contribution is 6.33. The maximum Gasteiger partial charge on any atom is 0.282 e. The molecule has 0 saturated heterocycles. The minimum Gasteiger partial charge on any atom is -0.493 e. The zero-order valence-corrected chi connectivity index (χ0v) is 20.2. The Morgan fingerprint density at radius 2 is 1.86 bits per heavy atom. The summed E-state index contributed by atoms with van der Waals surface area (Å²) in [5, 5.41) is 9.86. The van der Waals surface area contributed by atoms with Gasteiger partial charge in [0.05, 0.1) is 24.3 Å². The van der Waals surface area contributed by atoms with Crippen LogP contribution in [0.2, 0.25) is 5.02 Å². The molecule has 2 aromatic rings. The lowest BCUT2D eigenvalue weighted by atomic mass is 10.1. The summed E-state index contributed by atoms with van der Waals surface area (Å²) in [7, 11) is 1.58. The van der Waals surface area contributed by atoms with Crippen molar-refractivity contribution in [3.05, 3.63) is 64.4 Å². The van der Waals surface area contributed by atoms with E-state index in [9.17, 15) is 4.79 Å². The molecule has 2 aliphatic rings. The van der Waals surface area contributed by atoms with Crippen LogP contribution >= 0.6 is 11.6 Å². The molecule has 2 aromatic carbocycles. The van der Waals surface area contributed by atoms with Crippen molar-refractivity contribution in [1.82, 2.24) is 5.06 Å². The van der Waals surface area contributed by atoms with Gasteiger partial charge in [-0.1, -0.05) is 23.7 Å². The van der Waals surface area contributed by atoms with Crippen molar-refractivity contribution in [3.8, 4) is 23.0 Å². The van der Waals surface area contributed by atoms with Gasteiger partial charge in [-0.3, -0.25) is 10.2 Å². The number of ether oxygens (including phenoxy) is 4. The molecule has 0 aromatic heterocycles. The van der Waals surface area contributed by atoms with Crippen LogP contribution in [0.3, 0.4) is 0 Å². The molecule has 0 unspecified atom stereocenters. The summed E-state index contributed by atoms with van der Waals surface area (Å²) < 4.78 is 22.6. The number of rotatable bonds is 9. The number of fused-ring (bicyclic) bond motifs is 1. The molecule has 2 aliphatic heterocycles. The minimum absolute atomic E-state index is 0.0641. The van der Waals surface area contributed by atoms with Gasteiger partial charge < -0.3 is 23.8 Å². The summed E-state index contributed by atoms with van der Waals surface area (Å²) in [5.41, 5.74) is 0.612. The molecule has 0 bridgehead atoms. The summed E-state index contributed by atoms with van der Waals surface area (Å²) in [5.74, 6) is 2.15. The van der Waals surface area contributed by atoms with Crippen molar-refractivity contribution in [2.45, 2.75) is 13.8 Å². The normalized spacial score (nSPS) is 15.9. The van der Waals surface area contributed by atoms with E-state index in [1.54, 1.807) is 38.3 Å². The summed E-state index contributed by atoms with van der Waals surface area (Å²) in [6.45, 7) is 4.39. The quantitative estimate of drug-likeness (QED) is 0.397. The second-order valence-corrected chi connectivity index (χ2v) is 7.84. The Kier molecular flexibility index (Phi) is 7.26. The number of halogens is 1. The van der Waals surface area contributed by atoms with Crippen molar-refractivity contribution >= 4 is 35.3 Å². The molecule has 0 spiro atoms. The topological polar surface area (TPSA) is 103 Å². The maximum absolute atomic E-state index is 12.5. The molecule has 0 radical (unpaired) electrons. The van der Waals surface area contributed by atoms with Crippen LogP contribution in [0.15, 0.2) is 58.8 Å². The molecule has 1 N–H and O–H groups in total. The number of amides is 1. The first-order valence-corrected chi connectivity index (χ1v) is 11.2. The smallest absolute Gasteiger partial charge is 0.282 e. The van der Waals surface area contributed by atoms with Crippen molar-refractivity contribution < 1.29 is 28.6 Å². The van der Waals surface area contributed by atoms with Gasteiger partial charge in [0.2, 0.25) is 0 Å². The van der Waals surface area contributed by atoms with E-state index in [-0.39, 0.29) is 35.5 Å². The Labute approximate surface area is 207 Å². The summed E-state index contributed by atoms with van der Waals surface area (Å²) >= 11 is 6.51. The molecule has 35 heavy (non-hydrogen) atoms. The van der Waals surface area contributed by atoms with E-state index in [1.807, 2.05) is 25.1 Å². The first-order chi connectivity index (χ1) is 16.9. The molecule has 1 amide bonds. The molecule has 4 rings (SSSR count). The number of benzene rings is 2. The number of nitrogens with one attached hydrogen (secondary N) is 1. The number of methoxy groups -OCH3 is 1. The van der Waals surface area contributed by atoms with Crippen molar-refractivity contribution in [2.24, 2.45) is 4.99 Å². The summed E-state index contributed by atoms with van der Waals surface area (Å²) in [6.07, 6.45) is 3.11. The van der Waals surface area contributed by atoms with Gasteiger partial charge in [0.15, 0.2) is 34.7 Å². The Morgan fingerprint density at radius 3 is 2.60 bits per heavy atom. The lowest BCUT2D eigenvalue weighted by Gasteiger charge is -2.23. The Morgan fingerprint density at radius 1 is 1.11 bits per heavy atom. The van der Waals surface area contributed by atoms with Gasteiger partial charge in [0, 0.05) is 6.08 Å². The van der Waals surface area contributed by atoms with Gasteiger partial charge in [-0.15, -0.1) is 5.06 Å². The highest BCUT2D eigenvalue weighted by Crippen LogP contribution is 2.38. The number of hydrogen-bond acceptors (Lipinski definition) is 7. The third-order valence-corrected chi connectivity index (χ3v) is 5.26. The van der Waals surface area contributed by atoms with E-state index in [4.69, 9.17) is 40.8 Å². The average Bonchev–Trinajstić information content (AvgIpc) is 3.21. The molecule has 9 nitrogen and oxygen atoms in total. The maximum atomic E-state index is 12.5. The Balaban J connectivity index is 1.50. The monoisotopic (exact) mass is 497 g/mol. The van der Waals surface area contributed by atoms with Gasteiger partial charge in [-0.05, 0) is 49.8 Å². The molecular formula is C25H24ClN3O6. The number of carbonyl (C=O) groups excluding carboxylic acids is 1. The van der Waals surface area contributed by atoms with E-state index < -0.39 is 5.91 Å². The molecule has 0 fully saturated rings. The van der Waals surface area contributed by atoms with E-state index >= 15 is 0 Å². The van der Waals surface area contributed by atoms with Gasteiger partial charge in [0.1, 0.15) is 19.0 Å². The van der Waals surface area contributed by atoms with Gasteiger partial charge >= 0.3 is 0 Å². The van der Waals surface area contributed by atoms with Crippen LogP contribution in [0.1, 0.15) is 19.4 Å². The van der Waals surface area contributed by atoms with Crippen molar-refractivity contribution in [1.29, 1.82) is 5.41 Å². The standard InChI is InChI=1S/C25H24ClN3O6/c1-4-32-21-14-16(12-17-24(27)29-22(28-25(17)30)11-15(2)35-29)13-18(26)23(21)34-10-9-33-20-8-6-5-7-19(20)31-3/h5-8,11-14,27H,4,9-10H2,1-3H3/b17-12-,27-24?. The molecule has 0 aliphatic carbocycles. The fourth-order valence-corrected chi connectivity index (χ4v) is 3.75. The fraction of sp³-hybridized carbons (Fsp3) is 0.240. The van der Waals surface area contributed by atoms with Crippen LogP contribution in [0, 0.1) is 5.41 Å². The second kappa shape index (κ2) is 10.5. The molecule has 182 valence electrons. The highest BCUT2D eigenvalue weighted by atomic mass is 35.5. The number of hydroxylamine groups is 2. The van der Waals surface area contributed by atoms with Crippen LogP contribution in [0.5, 0.6) is 23.0 Å². The number of hydrogen-bond donors (Lipinski definition) is 1. The molecule has 0 atom stereocenters. The lowest BCUT2D eigenvalue weighted by Crippen LogP contribution is -2.38. The third kappa shape index (κ3) is 5.25. The first kappa shape index (κ1) is 24.2. The van der Waals surface area contributed by atoms with E-state index in [0.717, 1.165) is 0 Å². The first-order valence-electron chi connectivity index (χ1n) is 10.9. The number of para-hydroxylation sites is 2. The van der Waals surface area contributed by atoms with Crippen LogP contribution in [0.4, 0.5) is 0 Å². The lowest BCUT2D eigenvalue weighted by molar-refractivity contribution is -0.114. The predicted molar refractivity (Wildman–Crippen MR) is 131 cm³/mol. The zero-order chi connectivity index (χ0) is 24.9. The Hall–Kier alpha value is -3.98. The fourth-order valence-electron chi connectivity index (χ4n) is 3.47. The molecular weight excluding hydrogens is 474 g/mol. The summed E-state index contributed by atoms with van der Waals surface area (Å²) in [4.78, 5) is 22.0. The minimum atomic E-state index is -0.543. The van der Waals surface area contributed by atoms with E-state index in [1.165, 1.54) is 11.1 Å². The number of allylic oxidation sites excluding steroid dienone is 1. The van der Waals surface area contributed by atoms with E-state index in [2.05, 4.69) is 4.99 Å². The third-order valence-electron chi connectivity index (χ3n) is 4.98. The van der Waals surface area contributed by atoms with E-state index in [0.29, 0.717) is 40.9 Å². The summed E-state index contributed by atoms with van der Waals surface area (Å²) in [6, 6.07) is 10.6. The predicted octanol–water partition coefficient (Wildman–Crippen LogP) is 4.66. The van der Waals surface area contributed by atoms with Crippen molar-refractivity contribution in [2.75, 3.05) is 26.9 Å². The van der Waals surface area contributed by atoms with Crippen LogP contribution in [-0.2, 0) is 9.63 Å². The number of carbonyl (C=O) groups is 1.